The van der Waals surface area contributed by atoms with Gasteiger partial charge in [-0.05, 0) is 42.0 Å². The number of nitrogens with one attached hydrogen (secondary N) is 1. The summed E-state index contributed by atoms with van der Waals surface area (Å²) in [6.45, 7) is 2.40. The van der Waals surface area contributed by atoms with Crippen molar-refractivity contribution in [1.82, 2.24) is 5.32 Å². The highest BCUT2D eigenvalue weighted by Crippen LogP contribution is 2.19. The van der Waals surface area contributed by atoms with E-state index in [4.69, 9.17) is 5.11 Å². The van der Waals surface area contributed by atoms with Gasteiger partial charge in [0, 0.05) is 17.0 Å². The fraction of sp³-hybridized carbons (Fsp3) is 0.235. The number of hydrogen-bond donors (Lipinski definition) is 2. The molecule has 110 valence electrons. The van der Waals surface area contributed by atoms with Crippen molar-refractivity contribution in [3.8, 4) is 0 Å². The van der Waals surface area contributed by atoms with E-state index in [9.17, 15) is 4.79 Å². The van der Waals surface area contributed by atoms with Crippen LogP contribution in [0.1, 0.15) is 27.0 Å². The maximum absolute atomic E-state index is 12.3. The van der Waals surface area contributed by atoms with Crippen LogP contribution >= 0.6 is 11.8 Å². The zero-order valence-corrected chi connectivity index (χ0v) is 13.0. The van der Waals surface area contributed by atoms with Gasteiger partial charge in [0.05, 0.1) is 6.61 Å². The smallest absolute Gasteiger partial charge is 0.251 e. The van der Waals surface area contributed by atoms with Gasteiger partial charge in [0.2, 0.25) is 0 Å². The second kappa shape index (κ2) is 7.29. The van der Waals surface area contributed by atoms with Crippen molar-refractivity contribution in [3.63, 3.8) is 0 Å². The number of rotatable bonds is 5. The highest BCUT2D eigenvalue weighted by molar-refractivity contribution is 7.98. The molecular weight excluding hydrogens is 282 g/mol. The van der Waals surface area contributed by atoms with Crippen molar-refractivity contribution in [2.75, 3.05) is 6.26 Å². The maximum atomic E-state index is 12.3. The zero-order valence-electron chi connectivity index (χ0n) is 12.2. The summed E-state index contributed by atoms with van der Waals surface area (Å²) in [5.41, 5.74) is 3.51. The van der Waals surface area contributed by atoms with Crippen LogP contribution in [-0.2, 0) is 13.2 Å². The Morgan fingerprint density at radius 3 is 2.67 bits per heavy atom. The lowest BCUT2D eigenvalue weighted by molar-refractivity contribution is 0.0950. The van der Waals surface area contributed by atoms with Gasteiger partial charge in [-0.2, -0.15) is 0 Å². The summed E-state index contributed by atoms with van der Waals surface area (Å²) in [6.07, 6.45) is 1.99. The molecule has 0 bridgehead atoms. The van der Waals surface area contributed by atoms with Gasteiger partial charge in [0.25, 0.3) is 5.91 Å². The normalized spacial score (nSPS) is 10.4. The van der Waals surface area contributed by atoms with E-state index in [1.165, 1.54) is 0 Å². The molecule has 2 N–H and O–H groups in total. The molecule has 2 aromatic rings. The first kappa shape index (κ1) is 15.6. The number of benzene rings is 2. The first-order valence-electron chi connectivity index (χ1n) is 6.75. The summed E-state index contributed by atoms with van der Waals surface area (Å²) in [5.74, 6) is -0.0715. The number of aliphatic hydroxyl groups is 1. The predicted molar refractivity (Wildman–Crippen MR) is 86.5 cm³/mol. The minimum atomic E-state index is -0.0715. The van der Waals surface area contributed by atoms with Crippen molar-refractivity contribution in [2.45, 2.75) is 25.0 Å². The molecule has 0 aliphatic carbocycles. The van der Waals surface area contributed by atoms with E-state index < -0.39 is 0 Å². The molecule has 0 heterocycles. The number of carbonyl (C=O) groups excluding carboxylic acids is 1. The van der Waals surface area contributed by atoms with Crippen LogP contribution in [0.25, 0.3) is 0 Å². The Kier molecular flexibility index (Phi) is 5.42. The summed E-state index contributed by atoms with van der Waals surface area (Å²) in [5, 5.41) is 12.1. The van der Waals surface area contributed by atoms with E-state index in [2.05, 4.69) is 5.32 Å². The summed E-state index contributed by atoms with van der Waals surface area (Å²) in [6, 6.07) is 13.5. The van der Waals surface area contributed by atoms with E-state index in [0.29, 0.717) is 12.1 Å². The van der Waals surface area contributed by atoms with Gasteiger partial charge >= 0.3 is 0 Å². The van der Waals surface area contributed by atoms with Gasteiger partial charge in [-0.3, -0.25) is 4.79 Å². The van der Waals surface area contributed by atoms with E-state index in [1.54, 1.807) is 11.8 Å². The average molecular weight is 301 g/mol. The second-order valence-corrected chi connectivity index (χ2v) is 5.72. The lowest BCUT2D eigenvalue weighted by atomic mass is 10.1. The number of carbonyl (C=O) groups is 1. The number of aliphatic hydroxyl groups excluding tert-OH is 1. The summed E-state index contributed by atoms with van der Waals surface area (Å²) >= 11 is 1.62. The Hall–Kier alpha value is -1.78. The van der Waals surface area contributed by atoms with E-state index in [-0.39, 0.29) is 12.5 Å². The van der Waals surface area contributed by atoms with E-state index >= 15 is 0 Å². The van der Waals surface area contributed by atoms with Gasteiger partial charge < -0.3 is 10.4 Å². The third-order valence-corrected chi connectivity index (χ3v) is 4.04. The Balaban J connectivity index is 2.07. The van der Waals surface area contributed by atoms with Crippen molar-refractivity contribution >= 4 is 17.7 Å². The summed E-state index contributed by atoms with van der Waals surface area (Å²) < 4.78 is 0. The monoisotopic (exact) mass is 301 g/mol. The van der Waals surface area contributed by atoms with Crippen LogP contribution in [0.4, 0.5) is 0 Å². The molecular formula is C17H19NO2S. The molecule has 0 fully saturated rings. The molecule has 21 heavy (non-hydrogen) atoms. The van der Waals surface area contributed by atoms with Crippen LogP contribution < -0.4 is 5.32 Å². The highest BCUT2D eigenvalue weighted by atomic mass is 32.2. The molecule has 2 aromatic carbocycles. The molecule has 0 aliphatic heterocycles. The summed E-state index contributed by atoms with van der Waals surface area (Å²) in [7, 11) is 0. The third-order valence-electron chi connectivity index (χ3n) is 3.32. The molecule has 3 nitrogen and oxygen atoms in total. The maximum Gasteiger partial charge on any atom is 0.251 e. The molecule has 1 amide bonds. The first-order valence-corrected chi connectivity index (χ1v) is 7.98. The molecule has 4 heteroatoms. The molecule has 0 atom stereocenters. The predicted octanol–water partition coefficient (Wildman–Crippen LogP) is 3.14. The number of hydrogen-bond acceptors (Lipinski definition) is 3. The number of thioether (sulfide) groups is 1. The zero-order chi connectivity index (χ0) is 15.2. The third kappa shape index (κ3) is 4.09. The van der Waals surface area contributed by atoms with Gasteiger partial charge in [-0.1, -0.05) is 30.3 Å². The molecule has 0 saturated carbocycles. The molecule has 0 aliphatic rings. The standard InChI is InChI=1S/C17H19NO2S/c1-12-6-7-15(21-2)9-16(12)17(20)18-10-13-4-3-5-14(8-13)11-19/h3-9,19H,10-11H2,1-2H3,(H,18,20). The Bertz CT molecular complexity index is 640. The van der Waals surface area contributed by atoms with Crippen molar-refractivity contribution in [3.05, 3.63) is 64.7 Å². The minimum Gasteiger partial charge on any atom is -0.392 e. The van der Waals surface area contributed by atoms with Crippen LogP contribution in [0.15, 0.2) is 47.4 Å². The van der Waals surface area contributed by atoms with Crippen LogP contribution in [-0.4, -0.2) is 17.3 Å². The number of amides is 1. The van der Waals surface area contributed by atoms with Crippen molar-refractivity contribution in [1.29, 1.82) is 0 Å². The SMILES string of the molecule is CSc1ccc(C)c(C(=O)NCc2cccc(CO)c2)c1. The van der Waals surface area contributed by atoms with E-state index in [0.717, 1.165) is 21.6 Å². The fourth-order valence-electron chi connectivity index (χ4n) is 2.09. The fourth-order valence-corrected chi connectivity index (χ4v) is 2.53. The molecule has 0 radical (unpaired) electrons. The first-order chi connectivity index (χ1) is 10.1. The minimum absolute atomic E-state index is 0.0106. The second-order valence-electron chi connectivity index (χ2n) is 4.84. The van der Waals surface area contributed by atoms with Crippen LogP contribution in [0.3, 0.4) is 0 Å². The van der Waals surface area contributed by atoms with Crippen LogP contribution in [0.2, 0.25) is 0 Å². The lowest BCUT2D eigenvalue weighted by Gasteiger charge is -2.10. The van der Waals surface area contributed by atoms with Gasteiger partial charge in [-0.25, -0.2) is 0 Å². The highest BCUT2D eigenvalue weighted by Gasteiger charge is 2.09. The van der Waals surface area contributed by atoms with Gasteiger partial charge in [0.1, 0.15) is 0 Å². The molecule has 0 saturated heterocycles. The average Bonchev–Trinajstić information content (AvgIpc) is 2.53. The van der Waals surface area contributed by atoms with Crippen molar-refractivity contribution < 1.29 is 9.90 Å². The Morgan fingerprint density at radius 2 is 1.95 bits per heavy atom. The Morgan fingerprint density at radius 1 is 1.19 bits per heavy atom. The number of aryl methyl sites for hydroxylation is 1. The lowest BCUT2D eigenvalue weighted by Crippen LogP contribution is -2.23. The van der Waals surface area contributed by atoms with Crippen LogP contribution in [0.5, 0.6) is 0 Å². The molecule has 0 spiro atoms. The topological polar surface area (TPSA) is 49.3 Å². The van der Waals surface area contributed by atoms with E-state index in [1.807, 2.05) is 55.6 Å². The van der Waals surface area contributed by atoms with Crippen molar-refractivity contribution in [2.24, 2.45) is 0 Å². The van der Waals surface area contributed by atoms with Gasteiger partial charge in [-0.15, -0.1) is 11.8 Å². The molecule has 0 unspecified atom stereocenters. The van der Waals surface area contributed by atoms with Gasteiger partial charge in [0.15, 0.2) is 0 Å². The van der Waals surface area contributed by atoms with Crippen LogP contribution in [0, 0.1) is 6.92 Å². The molecule has 2 rings (SSSR count). The summed E-state index contributed by atoms with van der Waals surface area (Å²) in [4.78, 5) is 13.4. The Labute approximate surface area is 129 Å². The quantitative estimate of drug-likeness (QED) is 0.834. The largest absolute Gasteiger partial charge is 0.392 e. The molecule has 0 aromatic heterocycles.